The lowest BCUT2D eigenvalue weighted by atomic mass is 10.1. The van der Waals surface area contributed by atoms with E-state index in [4.69, 9.17) is 4.74 Å². The standard InChI is InChI=1S/C24H21F2N5O3/c25-17-2-1-3-18(26)20(17)23-29-22(21-24(33)27-8-9-31(21)23)28-16-6-4-15(5-7-16)14-19(32)30-10-12-34-13-11-30/h1-9,28H,10-14H2,(H,27,33). The molecule has 34 heavy (non-hydrogen) atoms. The number of H-pyrrole nitrogens is 1. The molecule has 5 rings (SSSR count). The van der Waals surface area contributed by atoms with Crippen molar-refractivity contribution in [2.45, 2.75) is 6.42 Å². The third-order valence-corrected chi connectivity index (χ3v) is 5.69. The maximum absolute atomic E-state index is 14.4. The summed E-state index contributed by atoms with van der Waals surface area (Å²) in [6.45, 7) is 2.27. The first kappa shape index (κ1) is 21.8. The number of halogens is 2. The summed E-state index contributed by atoms with van der Waals surface area (Å²) in [6, 6.07) is 10.7. The minimum Gasteiger partial charge on any atom is -0.378 e. The average Bonchev–Trinajstić information content (AvgIpc) is 3.20. The van der Waals surface area contributed by atoms with E-state index < -0.39 is 17.2 Å². The molecule has 0 saturated carbocycles. The fraction of sp³-hybridized carbons (Fsp3) is 0.208. The Morgan fingerprint density at radius 3 is 2.50 bits per heavy atom. The van der Waals surface area contributed by atoms with E-state index in [0.29, 0.717) is 32.0 Å². The number of anilines is 2. The Morgan fingerprint density at radius 2 is 1.79 bits per heavy atom. The van der Waals surface area contributed by atoms with E-state index in [1.54, 1.807) is 29.2 Å². The van der Waals surface area contributed by atoms with Gasteiger partial charge in [-0.25, -0.2) is 13.8 Å². The smallest absolute Gasteiger partial charge is 0.276 e. The molecule has 1 saturated heterocycles. The van der Waals surface area contributed by atoms with Crippen molar-refractivity contribution in [1.29, 1.82) is 0 Å². The zero-order valence-corrected chi connectivity index (χ0v) is 18.1. The fourth-order valence-corrected chi connectivity index (χ4v) is 3.97. The number of benzene rings is 2. The Morgan fingerprint density at radius 1 is 1.09 bits per heavy atom. The van der Waals surface area contributed by atoms with Gasteiger partial charge in [0.2, 0.25) is 5.91 Å². The molecule has 0 spiro atoms. The highest BCUT2D eigenvalue weighted by Gasteiger charge is 2.21. The number of amides is 1. The minimum absolute atomic E-state index is 0.0344. The van der Waals surface area contributed by atoms with Crippen LogP contribution in [0.2, 0.25) is 0 Å². The van der Waals surface area contributed by atoms with Gasteiger partial charge in [0.25, 0.3) is 5.56 Å². The van der Waals surface area contributed by atoms with Gasteiger partial charge in [-0.05, 0) is 29.8 Å². The molecule has 1 fully saturated rings. The van der Waals surface area contributed by atoms with Gasteiger partial charge in [-0.3, -0.25) is 14.0 Å². The second-order valence-electron chi connectivity index (χ2n) is 7.88. The Kier molecular flexibility index (Phi) is 5.81. The molecule has 0 radical (unpaired) electrons. The number of rotatable bonds is 5. The van der Waals surface area contributed by atoms with Crippen LogP contribution in [0.25, 0.3) is 16.9 Å². The summed E-state index contributed by atoms with van der Waals surface area (Å²) >= 11 is 0. The molecule has 4 aromatic rings. The Balaban J connectivity index is 1.43. The number of carbonyl (C=O) groups excluding carboxylic acids is 1. The number of nitrogens with one attached hydrogen (secondary N) is 2. The molecule has 0 unspecified atom stereocenters. The van der Waals surface area contributed by atoms with Gasteiger partial charge in [0.05, 0.1) is 25.2 Å². The number of aromatic amines is 1. The minimum atomic E-state index is -0.784. The predicted molar refractivity (Wildman–Crippen MR) is 122 cm³/mol. The lowest BCUT2D eigenvalue weighted by Crippen LogP contribution is -2.41. The van der Waals surface area contributed by atoms with Crippen LogP contribution in [0.5, 0.6) is 0 Å². The molecule has 2 N–H and O–H groups in total. The van der Waals surface area contributed by atoms with E-state index in [2.05, 4.69) is 15.3 Å². The molecule has 174 valence electrons. The fourth-order valence-electron chi connectivity index (χ4n) is 3.97. The second kappa shape index (κ2) is 9.06. The summed E-state index contributed by atoms with van der Waals surface area (Å²) < 4.78 is 35.5. The number of morpholine rings is 1. The van der Waals surface area contributed by atoms with Crippen molar-refractivity contribution in [2.24, 2.45) is 0 Å². The first-order valence-electron chi connectivity index (χ1n) is 10.8. The lowest BCUT2D eigenvalue weighted by Gasteiger charge is -2.26. The first-order chi connectivity index (χ1) is 16.5. The van der Waals surface area contributed by atoms with Crippen LogP contribution in [0.15, 0.2) is 59.7 Å². The van der Waals surface area contributed by atoms with Gasteiger partial charge >= 0.3 is 0 Å². The number of ether oxygens (including phenoxy) is 1. The van der Waals surface area contributed by atoms with Gasteiger partial charge in [-0.2, -0.15) is 0 Å². The first-order valence-corrected chi connectivity index (χ1v) is 10.8. The van der Waals surface area contributed by atoms with Gasteiger partial charge in [0.15, 0.2) is 17.2 Å². The van der Waals surface area contributed by atoms with Gasteiger partial charge in [0.1, 0.15) is 11.6 Å². The summed E-state index contributed by atoms with van der Waals surface area (Å²) in [6.07, 6.45) is 3.13. The van der Waals surface area contributed by atoms with Gasteiger partial charge < -0.3 is 19.9 Å². The van der Waals surface area contributed by atoms with E-state index in [-0.39, 0.29) is 35.1 Å². The molecule has 0 aliphatic carbocycles. The second-order valence-corrected chi connectivity index (χ2v) is 7.88. The number of imidazole rings is 1. The Hall–Kier alpha value is -4.05. The Bertz CT molecular complexity index is 1390. The summed E-state index contributed by atoms with van der Waals surface area (Å²) in [5.74, 6) is -1.42. The summed E-state index contributed by atoms with van der Waals surface area (Å²) in [5, 5.41) is 3.05. The van der Waals surface area contributed by atoms with E-state index in [1.807, 2.05) is 0 Å². The van der Waals surface area contributed by atoms with Gasteiger partial charge in [0, 0.05) is 31.2 Å². The molecule has 1 aliphatic heterocycles. The summed E-state index contributed by atoms with van der Waals surface area (Å²) in [5.41, 5.74) is 0.767. The molecule has 1 amide bonds. The molecular formula is C24H21F2N5O3. The lowest BCUT2D eigenvalue weighted by molar-refractivity contribution is -0.134. The van der Waals surface area contributed by atoms with Gasteiger partial charge in [-0.15, -0.1) is 0 Å². The van der Waals surface area contributed by atoms with Crippen LogP contribution in [0.3, 0.4) is 0 Å². The van der Waals surface area contributed by atoms with Crippen molar-refractivity contribution in [2.75, 3.05) is 31.6 Å². The largest absolute Gasteiger partial charge is 0.378 e. The van der Waals surface area contributed by atoms with Crippen molar-refractivity contribution in [3.05, 3.63) is 82.4 Å². The molecule has 0 bridgehead atoms. The topological polar surface area (TPSA) is 91.7 Å². The number of fused-ring (bicyclic) bond motifs is 1. The molecule has 2 aromatic carbocycles. The van der Waals surface area contributed by atoms with E-state index in [0.717, 1.165) is 17.7 Å². The highest BCUT2D eigenvalue weighted by molar-refractivity contribution is 5.80. The normalized spacial score (nSPS) is 13.9. The van der Waals surface area contributed by atoms with Crippen molar-refractivity contribution in [3.63, 3.8) is 0 Å². The van der Waals surface area contributed by atoms with Crippen molar-refractivity contribution in [1.82, 2.24) is 19.3 Å². The molecular weight excluding hydrogens is 444 g/mol. The summed E-state index contributed by atoms with van der Waals surface area (Å²) in [4.78, 5) is 33.7. The van der Waals surface area contributed by atoms with E-state index in [9.17, 15) is 18.4 Å². The quantitative estimate of drug-likeness (QED) is 0.473. The van der Waals surface area contributed by atoms with Crippen LogP contribution < -0.4 is 10.9 Å². The van der Waals surface area contributed by atoms with Crippen LogP contribution >= 0.6 is 0 Å². The molecule has 10 heteroatoms. The van der Waals surface area contributed by atoms with Crippen molar-refractivity contribution < 1.29 is 18.3 Å². The van der Waals surface area contributed by atoms with Crippen molar-refractivity contribution >= 4 is 22.9 Å². The van der Waals surface area contributed by atoms with Crippen LogP contribution in [-0.2, 0) is 16.0 Å². The van der Waals surface area contributed by atoms with Gasteiger partial charge in [-0.1, -0.05) is 18.2 Å². The van der Waals surface area contributed by atoms with Crippen LogP contribution in [-0.4, -0.2) is 51.5 Å². The Labute approximate surface area is 192 Å². The van der Waals surface area contributed by atoms with E-state index in [1.165, 1.54) is 22.9 Å². The zero-order chi connectivity index (χ0) is 23.7. The molecule has 1 aliphatic rings. The number of carbonyl (C=O) groups is 1. The number of hydrogen-bond acceptors (Lipinski definition) is 5. The molecule has 0 atom stereocenters. The zero-order valence-electron chi connectivity index (χ0n) is 18.1. The average molecular weight is 465 g/mol. The number of aromatic nitrogens is 3. The molecule has 3 heterocycles. The molecule has 2 aromatic heterocycles. The SMILES string of the molecule is O=C(Cc1ccc(Nc2nc(-c3c(F)cccc3F)n3cc[nH]c(=O)c23)cc1)N1CCOCC1. The van der Waals surface area contributed by atoms with E-state index >= 15 is 0 Å². The van der Waals surface area contributed by atoms with Crippen LogP contribution in [0, 0.1) is 11.6 Å². The van der Waals surface area contributed by atoms with Crippen LogP contribution in [0.1, 0.15) is 5.56 Å². The van der Waals surface area contributed by atoms with Crippen LogP contribution in [0.4, 0.5) is 20.3 Å². The monoisotopic (exact) mass is 465 g/mol. The number of nitrogens with zero attached hydrogens (tertiary/aromatic N) is 3. The third-order valence-electron chi connectivity index (χ3n) is 5.69. The third kappa shape index (κ3) is 4.15. The number of hydrogen-bond donors (Lipinski definition) is 2. The summed E-state index contributed by atoms with van der Waals surface area (Å²) in [7, 11) is 0. The van der Waals surface area contributed by atoms with Crippen molar-refractivity contribution in [3.8, 4) is 11.4 Å². The predicted octanol–water partition coefficient (Wildman–Crippen LogP) is 3.11. The maximum atomic E-state index is 14.4. The maximum Gasteiger partial charge on any atom is 0.276 e. The molecule has 8 nitrogen and oxygen atoms in total. The highest BCUT2D eigenvalue weighted by atomic mass is 19.1. The highest BCUT2D eigenvalue weighted by Crippen LogP contribution is 2.29.